The van der Waals surface area contributed by atoms with Gasteiger partial charge in [0.25, 0.3) is 5.91 Å². The minimum absolute atomic E-state index is 0.0490. The van der Waals surface area contributed by atoms with Crippen molar-refractivity contribution in [2.24, 2.45) is 0 Å². The molecule has 1 fully saturated rings. The number of aromatic nitrogens is 2. The molecule has 2 amide bonds. The number of benzene rings is 1. The first-order chi connectivity index (χ1) is 12.8. The zero-order valence-electron chi connectivity index (χ0n) is 13.7. The van der Waals surface area contributed by atoms with Gasteiger partial charge in [0.15, 0.2) is 5.82 Å². The van der Waals surface area contributed by atoms with E-state index in [0.29, 0.717) is 0 Å². The average Bonchev–Trinajstić information content (AvgIpc) is 3.26. The van der Waals surface area contributed by atoms with Crippen LogP contribution in [0.5, 0.6) is 0 Å². The SMILES string of the molecule is O=C(CN1C[C@@]2(C[C@@H]2F)c2c(ccc(Br)c2F)C1=O)Nc1ncc(F)cn1. The number of anilines is 1. The van der Waals surface area contributed by atoms with Crippen molar-refractivity contribution >= 4 is 33.7 Å². The third kappa shape index (κ3) is 2.97. The molecule has 1 aromatic carbocycles. The average molecular weight is 441 g/mol. The maximum atomic E-state index is 14.6. The van der Waals surface area contributed by atoms with Crippen LogP contribution in [0.3, 0.4) is 0 Å². The normalized spacial score (nSPS) is 23.3. The van der Waals surface area contributed by atoms with Gasteiger partial charge < -0.3 is 4.90 Å². The number of nitrogens with zero attached hydrogens (tertiary/aromatic N) is 3. The molecular formula is C17H12BrF3N4O2. The van der Waals surface area contributed by atoms with Crippen molar-refractivity contribution in [1.82, 2.24) is 14.9 Å². The molecule has 2 atom stereocenters. The van der Waals surface area contributed by atoms with Crippen molar-refractivity contribution in [1.29, 1.82) is 0 Å². The fourth-order valence-corrected chi connectivity index (χ4v) is 3.73. The molecule has 1 aromatic heterocycles. The number of alkyl halides is 1. The summed E-state index contributed by atoms with van der Waals surface area (Å²) in [5.41, 5.74) is -1.02. The Morgan fingerprint density at radius 3 is 2.63 bits per heavy atom. The van der Waals surface area contributed by atoms with E-state index in [9.17, 15) is 22.8 Å². The highest BCUT2D eigenvalue weighted by molar-refractivity contribution is 9.10. The first-order valence-corrected chi connectivity index (χ1v) is 8.80. The van der Waals surface area contributed by atoms with Crippen molar-refractivity contribution in [2.75, 3.05) is 18.4 Å². The summed E-state index contributed by atoms with van der Waals surface area (Å²) in [4.78, 5) is 33.3. The molecule has 0 unspecified atom stereocenters. The second kappa shape index (κ2) is 6.29. The summed E-state index contributed by atoms with van der Waals surface area (Å²) in [5.74, 6) is -2.61. The third-order valence-electron chi connectivity index (χ3n) is 4.77. The summed E-state index contributed by atoms with van der Waals surface area (Å²) >= 11 is 3.06. The second-order valence-corrected chi connectivity index (χ2v) is 7.40. The van der Waals surface area contributed by atoms with Gasteiger partial charge in [0.05, 0.1) is 22.3 Å². The van der Waals surface area contributed by atoms with E-state index >= 15 is 0 Å². The molecule has 2 aromatic rings. The van der Waals surface area contributed by atoms with Crippen LogP contribution in [0.2, 0.25) is 0 Å². The van der Waals surface area contributed by atoms with Gasteiger partial charge in [-0.1, -0.05) is 0 Å². The highest BCUT2D eigenvalue weighted by atomic mass is 79.9. The molecule has 2 aliphatic rings. The Kier molecular flexibility index (Phi) is 4.17. The standard InChI is InChI=1S/C17H12BrF3N4O2/c18-10-2-1-9-13(14(10)21)17(3-11(17)20)7-25(15(9)27)6-12(26)24-16-22-4-8(19)5-23-16/h1-2,4-5,11H,3,6-7H2,(H,22,23,24,26)/t11-,17+/m0/s1. The summed E-state index contributed by atoms with van der Waals surface area (Å²) in [6, 6.07) is 2.80. The molecule has 1 spiro atoms. The lowest BCUT2D eigenvalue weighted by atomic mass is 9.85. The summed E-state index contributed by atoms with van der Waals surface area (Å²) < 4.78 is 41.7. The molecule has 2 heterocycles. The Hall–Kier alpha value is -2.49. The second-order valence-electron chi connectivity index (χ2n) is 6.55. The molecule has 6 nitrogen and oxygen atoms in total. The van der Waals surface area contributed by atoms with E-state index < -0.39 is 35.0 Å². The van der Waals surface area contributed by atoms with Crippen LogP contribution >= 0.6 is 15.9 Å². The van der Waals surface area contributed by atoms with Crippen LogP contribution in [0.4, 0.5) is 19.1 Å². The topological polar surface area (TPSA) is 75.2 Å². The molecule has 27 heavy (non-hydrogen) atoms. The zero-order chi connectivity index (χ0) is 19.3. The molecular weight excluding hydrogens is 429 g/mol. The number of hydrogen-bond donors (Lipinski definition) is 1. The predicted molar refractivity (Wildman–Crippen MR) is 91.8 cm³/mol. The van der Waals surface area contributed by atoms with Crippen LogP contribution in [0.15, 0.2) is 29.0 Å². The minimum Gasteiger partial charge on any atom is -0.328 e. The molecule has 10 heteroatoms. The summed E-state index contributed by atoms with van der Waals surface area (Å²) in [5, 5.41) is 2.34. The lowest BCUT2D eigenvalue weighted by Gasteiger charge is -2.34. The van der Waals surface area contributed by atoms with Gasteiger partial charge in [-0.25, -0.2) is 23.1 Å². The molecule has 4 rings (SSSR count). The molecule has 0 radical (unpaired) electrons. The quantitative estimate of drug-likeness (QED) is 0.795. The molecule has 140 valence electrons. The van der Waals surface area contributed by atoms with E-state index in [1.54, 1.807) is 0 Å². The first kappa shape index (κ1) is 17.9. The monoisotopic (exact) mass is 440 g/mol. The van der Waals surface area contributed by atoms with Crippen LogP contribution < -0.4 is 5.32 Å². The Labute approximate surface area is 159 Å². The van der Waals surface area contributed by atoms with Crippen molar-refractivity contribution < 1.29 is 22.8 Å². The van der Waals surface area contributed by atoms with Gasteiger partial charge in [0.1, 0.15) is 18.5 Å². The van der Waals surface area contributed by atoms with E-state index in [0.717, 1.165) is 12.4 Å². The van der Waals surface area contributed by atoms with E-state index in [1.165, 1.54) is 17.0 Å². The number of amides is 2. The van der Waals surface area contributed by atoms with Gasteiger partial charge >= 0.3 is 0 Å². The van der Waals surface area contributed by atoms with E-state index in [4.69, 9.17) is 0 Å². The fraction of sp³-hybridized carbons (Fsp3) is 0.294. The number of carbonyl (C=O) groups excluding carboxylic acids is 2. The van der Waals surface area contributed by atoms with Gasteiger partial charge in [0.2, 0.25) is 11.9 Å². The molecule has 1 aliphatic heterocycles. The lowest BCUT2D eigenvalue weighted by Crippen LogP contribution is -2.48. The molecule has 0 bridgehead atoms. The van der Waals surface area contributed by atoms with Crippen LogP contribution in [-0.4, -0.2) is 45.9 Å². The molecule has 1 aliphatic carbocycles. The van der Waals surface area contributed by atoms with Crippen LogP contribution in [-0.2, 0) is 10.2 Å². The van der Waals surface area contributed by atoms with Crippen molar-refractivity contribution in [3.8, 4) is 0 Å². The van der Waals surface area contributed by atoms with Crippen LogP contribution in [0, 0.1) is 11.6 Å². The maximum Gasteiger partial charge on any atom is 0.254 e. The molecule has 1 saturated carbocycles. The van der Waals surface area contributed by atoms with E-state index in [-0.39, 0.29) is 41.1 Å². The van der Waals surface area contributed by atoms with Crippen molar-refractivity contribution in [3.63, 3.8) is 0 Å². The molecule has 0 saturated heterocycles. The van der Waals surface area contributed by atoms with Crippen LogP contribution in [0.1, 0.15) is 22.3 Å². The largest absolute Gasteiger partial charge is 0.328 e. The van der Waals surface area contributed by atoms with Gasteiger partial charge in [-0.2, -0.15) is 0 Å². The number of fused-ring (bicyclic) bond motifs is 2. The van der Waals surface area contributed by atoms with Gasteiger partial charge in [-0.3, -0.25) is 14.9 Å². The summed E-state index contributed by atoms with van der Waals surface area (Å²) in [7, 11) is 0. The van der Waals surface area contributed by atoms with Crippen molar-refractivity contribution in [3.05, 3.63) is 51.8 Å². The smallest absolute Gasteiger partial charge is 0.254 e. The minimum atomic E-state index is -1.29. The third-order valence-corrected chi connectivity index (χ3v) is 5.38. The summed E-state index contributed by atoms with van der Waals surface area (Å²) in [6.07, 6.45) is 0.565. The number of halogens is 4. The number of rotatable bonds is 3. The first-order valence-electron chi connectivity index (χ1n) is 8.01. The van der Waals surface area contributed by atoms with Gasteiger partial charge in [0, 0.05) is 17.7 Å². The Bertz CT molecular complexity index is 956. The van der Waals surface area contributed by atoms with E-state index in [2.05, 4.69) is 31.2 Å². The predicted octanol–water partition coefficient (Wildman–Crippen LogP) is 2.59. The Balaban J connectivity index is 1.58. The maximum absolute atomic E-state index is 14.6. The van der Waals surface area contributed by atoms with Gasteiger partial charge in [-0.15, -0.1) is 0 Å². The number of hydrogen-bond acceptors (Lipinski definition) is 4. The van der Waals surface area contributed by atoms with Crippen LogP contribution in [0.25, 0.3) is 0 Å². The summed E-state index contributed by atoms with van der Waals surface area (Å²) in [6.45, 7) is -0.490. The Morgan fingerprint density at radius 2 is 2.00 bits per heavy atom. The lowest BCUT2D eigenvalue weighted by molar-refractivity contribution is -0.117. The molecule has 1 N–H and O–H groups in total. The number of nitrogens with one attached hydrogen (secondary N) is 1. The van der Waals surface area contributed by atoms with E-state index in [1.807, 2.05) is 0 Å². The highest BCUT2D eigenvalue weighted by Crippen LogP contribution is 2.55. The number of carbonyl (C=O) groups is 2. The zero-order valence-corrected chi connectivity index (χ0v) is 15.3. The fourth-order valence-electron chi connectivity index (χ4n) is 3.40. The van der Waals surface area contributed by atoms with Crippen molar-refractivity contribution in [2.45, 2.75) is 18.0 Å². The van der Waals surface area contributed by atoms with Gasteiger partial charge in [-0.05, 0) is 34.5 Å². The Morgan fingerprint density at radius 1 is 1.33 bits per heavy atom. The highest BCUT2D eigenvalue weighted by Gasteiger charge is 2.62.